The number of amides is 1. The number of hydrogen-bond acceptors (Lipinski definition) is 5. The highest BCUT2D eigenvalue weighted by Gasteiger charge is 2.18. The van der Waals surface area contributed by atoms with Crippen LogP contribution in [0.4, 0.5) is 10.5 Å². The Morgan fingerprint density at radius 3 is 2.67 bits per heavy atom. The monoisotopic (exact) mass is 334 g/mol. The number of rotatable bonds is 7. The summed E-state index contributed by atoms with van der Waals surface area (Å²) in [5.74, 6) is 0.0346. The van der Waals surface area contributed by atoms with Crippen LogP contribution >= 0.6 is 0 Å². The molecule has 4 N–H and O–H groups in total. The molecule has 0 aliphatic carbocycles. The van der Waals surface area contributed by atoms with E-state index in [1.54, 1.807) is 39.0 Å². The molecular weight excluding hydrogens is 307 g/mol. The molecule has 2 unspecified atom stereocenters. The van der Waals surface area contributed by atoms with Gasteiger partial charge in [0, 0.05) is 19.1 Å². The lowest BCUT2D eigenvalue weighted by molar-refractivity contribution is 0.0528. The lowest BCUT2D eigenvalue weighted by Gasteiger charge is -2.22. The molecule has 0 saturated carbocycles. The molecule has 0 saturated heterocycles. The highest BCUT2D eigenvalue weighted by atomic mass is 16.6. The number of nitrogen functional groups attached to an aromatic ring is 1. The van der Waals surface area contributed by atoms with Crippen molar-refractivity contribution in [2.75, 3.05) is 25.5 Å². The van der Waals surface area contributed by atoms with Gasteiger partial charge in [-0.25, -0.2) is 4.79 Å². The predicted molar refractivity (Wildman–Crippen MR) is 95.3 cm³/mol. The number of carbonyl (C=O) groups is 1. The lowest BCUT2D eigenvalue weighted by atomic mass is 9.80. The van der Waals surface area contributed by atoms with Gasteiger partial charge in [0.25, 0.3) is 0 Å². The van der Waals surface area contributed by atoms with Gasteiger partial charge in [-0.05, 0) is 38.2 Å². The van der Waals surface area contributed by atoms with Gasteiger partial charge < -0.3 is 25.6 Å². The molecule has 6 nitrogen and oxygen atoms in total. The molecule has 0 aliphatic rings. The van der Waals surface area contributed by atoms with Crippen molar-refractivity contribution in [3.8, 4) is 5.75 Å². The highest BCUT2D eigenvalue weighted by molar-refractivity contribution is 6.13. The number of nitrogens with one attached hydrogen (secondary N) is 1. The molecule has 0 bridgehead atoms. The zero-order valence-electron chi connectivity index (χ0n) is 14.8. The number of aliphatic hydroxyl groups is 1. The Balaban J connectivity index is 2.67. The Hall–Kier alpha value is -1.89. The van der Waals surface area contributed by atoms with Gasteiger partial charge in [0.1, 0.15) is 11.4 Å². The molecule has 24 heavy (non-hydrogen) atoms. The Bertz CT molecular complexity index is 546. The number of para-hydroxylation sites is 1. The van der Waals surface area contributed by atoms with Gasteiger partial charge in [-0.3, -0.25) is 0 Å². The molecular formula is C17H27BN2O4. The van der Waals surface area contributed by atoms with Crippen molar-refractivity contribution < 1.29 is 19.4 Å². The standard InChI is InChI=1S/C17H27BN2O4/c1-11(9-21)10-23-14-7-5-6-12(15(14)19)13(18)8-20-16(22)24-17(2,3)4/h5-7,11,13,21H,8-10,19H2,1-4H3,(H,20,22). The maximum atomic E-state index is 11.7. The summed E-state index contributed by atoms with van der Waals surface area (Å²) in [4.78, 5) is 11.7. The van der Waals surface area contributed by atoms with E-state index in [1.165, 1.54) is 0 Å². The van der Waals surface area contributed by atoms with E-state index in [9.17, 15) is 4.79 Å². The first-order valence-electron chi connectivity index (χ1n) is 7.98. The summed E-state index contributed by atoms with van der Waals surface area (Å²) in [7, 11) is 6.11. The largest absolute Gasteiger partial charge is 0.491 e. The van der Waals surface area contributed by atoms with E-state index >= 15 is 0 Å². The van der Waals surface area contributed by atoms with Gasteiger partial charge in [-0.2, -0.15) is 0 Å². The number of ether oxygens (including phenoxy) is 2. The van der Waals surface area contributed by atoms with Crippen LogP contribution in [-0.4, -0.2) is 44.4 Å². The van der Waals surface area contributed by atoms with E-state index in [2.05, 4.69) is 5.32 Å². The number of anilines is 1. The Morgan fingerprint density at radius 2 is 2.08 bits per heavy atom. The van der Waals surface area contributed by atoms with E-state index in [1.807, 2.05) is 6.92 Å². The van der Waals surface area contributed by atoms with Crippen LogP contribution in [0.2, 0.25) is 0 Å². The molecule has 7 heteroatoms. The summed E-state index contributed by atoms with van der Waals surface area (Å²) < 4.78 is 10.8. The second kappa shape index (κ2) is 8.82. The maximum Gasteiger partial charge on any atom is 0.407 e. The summed E-state index contributed by atoms with van der Waals surface area (Å²) in [6.07, 6.45) is -0.527. The first-order valence-corrected chi connectivity index (χ1v) is 7.98. The van der Waals surface area contributed by atoms with Gasteiger partial charge in [0.2, 0.25) is 0 Å². The summed E-state index contributed by atoms with van der Waals surface area (Å²) in [5, 5.41) is 11.7. The van der Waals surface area contributed by atoms with Gasteiger partial charge >= 0.3 is 6.09 Å². The van der Waals surface area contributed by atoms with Crippen LogP contribution < -0.4 is 15.8 Å². The molecule has 0 aromatic heterocycles. The molecule has 2 radical (unpaired) electrons. The number of alkyl carbamates (subject to hydrolysis) is 1. The van der Waals surface area contributed by atoms with Gasteiger partial charge in [-0.1, -0.05) is 19.1 Å². The van der Waals surface area contributed by atoms with Crippen molar-refractivity contribution in [1.82, 2.24) is 5.32 Å². The number of aliphatic hydroxyl groups excluding tert-OH is 1. The number of carbonyl (C=O) groups excluding carboxylic acids is 1. The molecule has 2 atom stereocenters. The lowest BCUT2D eigenvalue weighted by Crippen LogP contribution is -2.35. The second-order valence-corrected chi connectivity index (χ2v) is 6.85. The third kappa shape index (κ3) is 6.70. The normalized spacial score (nSPS) is 13.9. The Labute approximate surface area is 145 Å². The van der Waals surface area contributed by atoms with Crippen molar-refractivity contribution in [3.05, 3.63) is 23.8 Å². The van der Waals surface area contributed by atoms with E-state index in [0.29, 0.717) is 23.6 Å². The smallest absolute Gasteiger partial charge is 0.407 e. The summed E-state index contributed by atoms with van der Waals surface area (Å²) in [6, 6.07) is 5.33. The third-order valence-corrected chi connectivity index (χ3v) is 3.20. The minimum Gasteiger partial charge on any atom is -0.491 e. The maximum absolute atomic E-state index is 11.7. The SMILES string of the molecule is [B]C(CNC(=O)OC(C)(C)C)c1cccc(OCC(C)CO)c1N. The van der Waals surface area contributed by atoms with Crippen LogP contribution in [0.15, 0.2) is 18.2 Å². The van der Waals surface area contributed by atoms with Crippen molar-refractivity contribution in [3.63, 3.8) is 0 Å². The van der Waals surface area contributed by atoms with E-state index in [-0.39, 0.29) is 19.1 Å². The molecule has 0 fully saturated rings. The minimum atomic E-state index is -0.565. The summed E-state index contributed by atoms with van der Waals surface area (Å²) in [6.45, 7) is 7.83. The van der Waals surface area contributed by atoms with Crippen LogP contribution in [0.5, 0.6) is 5.75 Å². The minimum absolute atomic E-state index is 0.00978. The first kappa shape index (κ1) is 20.2. The van der Waals surface area contributed by atoms with Crippen molar-refractivity contribution in [1.29, 1.82) is 0 Å². The van der Waals surface area contributed by atoms with Crippen LogP contribution in [0.3, 0.4) is 0 Å². The average molecular weight is 334 g/mol. The van der Waals surface area contributed by atoms with E-state index < -0.39 is 17.5 Å². The average Bonchev–Trinajstić information content (AvgIpc) is 2.49. The van der Waals surface area contributed by atoms with Crippen molar-refractivity contribution >= 4 is 19.6 Å². The molecule has 1 aromatic rings. The van der Waals surface area contributed by atoms with Gasteiger partial charge in [0.15, 0.2) is 0 Å². The third-order valence-electron chi connectivity index (χ3n) is 3.20. The van der Waals surface area contributed by atoms with Crippen LogP contribution in [0.25, 0.3) is 0 Å². The number of hydrogen-bond donors (Lipinski definition) is 3. The van der Waals surface area contributed by atoms with E-state index in [4.69, 9.17) is 28.2 Å². The fourth-order valence-corrected chi connectivity index (χ4v) is 1.91. The first-order chi connectivity index (χ1) is 11.1. The topological polar surface area (TPSA) is 93.8 Å². The quantitative estimate of drug-likeness (QED) is 0.524. The van der Waals surface area contributed by atoms with Crippen LogP contribution in [-0.2, 0) is 4.74 Å². The fourth-order valence-electron chi connectivity index (χ4n) is 1.91. The van der Waals surface area contributed by atoms with Crippen LogP contribution in [0, 0.1) is 5.92 Å². The fraction of sp³-hybridized carbons (Fsp3) is 0.588. The second-order valence-electron chi connectivity index (χ2n) is 6.85. The van der Waals surface area contributed by atoms with Crippen molar-refractivity contribution in [2.45, 2.75) is 39.1 Å². The molecule has 0 aliphatic heterocycles. The van der Waals surface area contributed by atoms with Crippen molar-refractivity contribution in [2.24, 2.45) is 5.92 Å². The number of benzene rings is 1. The Kier molecular flexibility index (Phi) is 7.41. The van der Waals surface area contributed by atoms with Gasteiger partial charge in [-0.15, -0.1) is 0 Å². The zero-order valence-corrected chi connectivity index (χ0v) is 14.8. The predicted octanol–water partition coefficient (Wildman–Crippen LogP) is 2.01. The molecule has 1 rings (SSSR count). The van der Waals surface area contributed by atoms with Crippen LogP contribution in [0.1, 0.15) is 39.1 Å². The molecule has 1 aromatic carbocycles. The molecule has 132 valence electrons. The highest BCUT2D eigenvalue weighted by Crippen LogP contribution is 2.29. The summed E-state index contributed by atoms with van der Waals surface area (Å²) in [5.41, 5.74) is 6.66. The zero-order chi connectivity index (χ0) is 18.3. The summed E-state index contributed by atoms with van der Waals surface area (Å²) >= 11 is 0. The molecule has 1 amide bonds. The number of nitrogens with two attached hydrogens (primary N) is 1. The molecule has 0 spiro atoms. The Morgan fingerprint density at radius 1 is 1.42 bits per heavy atom. The molecule has 0 heterocycles. The van der Waals surface area contributed by atoms with Gasteiger partial charge in [0.05, 0.1) is 20.1 Å². The van der Waals surface area contributed by atoms with E-state index in [0.717, 1.165) is 0 Å².